The molecule has 2 amide bonds. The van der Waals surface area contributed by atoms with Gasteiger partial charge in [0.25, 0.3) is 5.91 Å². The van der Waals surface area contributed by atoms with E-state index in [1.807, 2.05) is 0 Å². The Labute approximate surface area is 159 Å². The maximum atomic E-state index is 12.6. The summed E-state index contributed by atoms with van der Waals surface area (Å²) in [6.45, 7) is 5.31. The van der Waals surface area contributed by atoms with Crippen molar-refractivity contribution in [1.82, 2.24) is 10.0 Å². The van der Waals surface area contributed by atoms with E-state index in [0.29, 0.717) is 37.8 Å². The Hall–Kier alpha value is -2.80. The van der Waals surface area contributed by atoms with E-state index in [1.165, 1.54) is 16.1 Å². The standard InChI is InChI=1S/C20H26N2O5/c1-4-13-27-14-10-20(24)22-12-5-11-21(22)19(23)9-6-16-15-17(25-2)7-8-18(16)26-3/h4,6-9,15H,1,5,10-14H2,2-3H3/b9-6+. The molecule has 146 valence electrons. The van der Waals surface area contributed by atoms with Crippen LogP contribution in [0, 0.1) is 0 Å². The van der Waals surface area contributed by atoms with Crippen LogP contribution >= 0.6 is 0 Å². The predicted molar refractivity (Wildman–Crippen MR) is 102 cm³/mol. The third kappa shape index (κ3) is 5.59. The van der Waals surface area contributed by atoms with Gasteiger partial charge in [-0.1, -0.05) is 6.08 Å². The fourth-order valence-electron chi connectivity index (χ4n) is 2.77. The summed E-state index contributed by atoms with van der Waals surface area (Å²) in [5.41, 5.74) is 0.722. The van der Waals surface area contributed by atoms with Crippen molar-refractivity contribution >= 4 is 17.9 Å². The SMILES string of the molecule is C=CCOCCC(=O)N1CCCN1C(=O)/C=C/c1cc(OC)ccc1OC. The Kier molecular flexibility index (Phi) is 7.88. The minimum absolute atomic E-state index is 0.128. The summed E-state index contributed by atoms with van der Waals surface area (Å²) in [5, 5.41) is 2.96. The first-order valence-corrected chi connectivity index (χ1v) is 8.81. The van der Waals surface area contributed by atoms with Crippen molar-refractivity contribution in [2.24, 2.45) is 0 Å². The second kappa shape index (κ2) is 10.4. The number of amides is 2. The number of carbonyl (C=O) groups is 2. The van der Waals surface area contributed by atoms with Crippen molar-refractivity contribution < 1.29 is 23.8 Å². The lowest BCUT2D eigenvalue weighted by atomic mass is 10.1. The van der Waals surface area contributed by atoms with Gasteiger partial charge in [-0.05, 0) is 30.7 Å². The van der Waals surface area contributed by atoms with Crippen LogP contribution in [0.1, 0.15) is 18.4 Å². The summed E-state index contributed by atoms with van der Waals surface area (Å²) in [4.78, 5) is 24.9. The lowest BCUT2D eigenvalue weighted by Crippen LogP contribution is -2.44. The zero-order valence-electron chi connectivity index (χ0n) is 15.8. The van der Waals surface area contributed by atoms with Gasteiger partial charge in [-0.2, -0.15) is 0 Å². The molecule has 1 aromatic carbocycles. The number of hydrogen-bond acceptors (Lipinski definition) is 5. The highest BCUT2D eigenvalue weighted by molar-refractivity contribution is 5.93. The largest absolute Gasteiger partial charge is 0.497 e. The Balaban J connectivity index is 2.02. The number of rotatable bonds is 9. The number of carbonyl (C=O) groups excluding carboxylic acids is 2. The van der Waals surface area contributed by atoms with Gasteiger partial charge >= 0.3 is 0 Å². The lowest BCUT2D eigenvalue weighted by Gasteiger charge is -2.27. The highest BCUT2D eigenvalue weighted by atomic mass is 16.5. The molecule has 1 fully saturated rings. The van der Waals surface area contributed by atoms with E-state index in [0.717, 1.165) is 12.0 Å². The van der Waals surface area contributed by atoms with Crippen molar-refractivity contribution in [3.05, 3.63) is 42.5 Å². The zero-order chi connectivity index (χ0) is 19.6. The van der Waals surface area contributed by atoms with Crippen molar-refractivity contribution in [2.45, 2.75) is 12.8 Å². The van der Waals surface area contributed by atoms with E-state index in [4.69, 9.17) is 14.2 Å². The summed E-state index contributed by atoms with van der Waals surface area (Å²) >= 11 is 0. The molecular weight excluding hydrogens is 348 g/mol. The van der Waals surface area contributed by atoms with Crippen LogP contribution in [-0.2, 0) is 14.3 Å². The molecular formula is C20H26N2O5. The minimum Gasteiger partial charge on any atom is -0.497 e. The topological polar surface area (TPSA) is 68.3 Å². The summed E-state index contributed by atoms with van der Waals surface area (Å²) in [6.07, 6.45) is 5.72. The summed E-state index contributed by atoms with van der Waals surface area (Å²) in [5.74, 6) is 0.920. The van der Waals surface area contributed by atoms with Crippen molar-refractivity contribution in [3.63, 3.8) is 0 Å². The molecule has 0 spiro atoms. The number of hydrogen-bond donors (Lipinski definition) is 0. The van der Waals surface area contributed by atoms with Gasteiger partial charge in [-0.3, -0.25) is 14.6 Å². The number of ether oxygens (including phenoxy) is 3. The Morgan fingerprint density at radius 3 is 2.67 bits per heavy atom. The second-order valence-electron chi connectivity index (χ2n) is 5.89. The Morgan fingerprint density at radius 2 is 1.96 bits per heavy atom. The van der Waals surface area contributed by atoms with Crippen LogP contribution < -0.4 is 9.47 Å². The van der Waals surface area contributed by atoms with E-state index >= 15 is 0 Å². The fourth-order valence-corrected chi connectivity index (χ4v) is 2.77. The summed E-state index contributed by atoms with van der Waals surface area (Å²) < 4.78 is 15.8. The summed E-state index contributed by atoms with van der Waals surface area (Å²) in [7, 11) is 3.14. The smallest absolute Gasteiger partial charge is 0.265 e. The molecule has 1 aliphatic heterocycles. The van der Waals surface area contributed by atoms with Crippen molar-refractivity contribution in [1.29, 1.82) is 0 Å². The third-order valence-electron chi connectivity index (χ3n) is 4.11. The molecule has 1 saturated heterocycles. The lowest BCUT2D eigenvalue weighted by molar-refractivity contribution is -0.155. The van der Waals surface area contributed by atoms with E-state index < -0.39 is 0 Å². The van der Waals surface area contributed by atoms with Crippen LogP contribution in [0.3, 0.4) is 0 Å². The first kappa shape index (κ1) is 20.5. The minimum atomic E-state index is -0.252. The maximum absolute atomic E-state index is 12.6. The molecule has 0 unspecified atom stereocenters. The molecule has 0 aromatic heterocycles. The Bertz CT molecular complexity index is 702. The molecule has 0 radical (unpaired) electrons. The maximum Gasteiger partial charge on any atom is 0.265 e. The second-order valence-corrected chi connectivity index (χ2v) is 5.89. The number of nitrogens with zero attached hydrogens (tertiary/aromatic N) is 2. The Morgan fingerprint density at radius 1 is 1.19 bits per heavy atom. The van der Waals surface area contributed by atoms with Crippen LogP contribution in [0.4, 0.5) is 0 Å². The van der Waals surface area contributed by atoms with Crippen molar-refractivity contribution in [3.8, 4) is 11.5 Å². The average Bonchev–Trinajstić information content (AvgIpc) is 3.19. The van der Waals surface area contributed by atoms with Gasteiger partial charge in [-0.25, -0.2) is 5.01 Å². The van der Waals surface area contributed by atoms with Crippen LogP contribution in [-0.4, -0.2) is 62.4 Å². The molecule has 27 heavy (non-hydrogen) atoms. The first-order valence-electron chi connectivity index (χ1n) is 8.81. The molecule has 7 heteroatoms. The van der Waals surface area contributed by atoms with Gasteiger partial charge in [0.1, 0.15) is 11.5 Å². The number of benzene rings is 1. The van der Waals surface area contributed by atoms with Crippen LogP contribution in [0.15, 0.2) is 36.9 Å². The first-order chi connectivity index (χ1) is 13.1. The van der Waals surface area contributed by atoms with Crippen LogP contribution in [0.5, 0.6) is 11.5 Å². The summed E-state index contributed by atoms with van der Waals surface area (Å²) in [6, 6.07) is 5.34. The highest BCUT2D eigenvalue weighted by Crippen LogP contribution is 2.25. The molecule has 1 heterocycles. The number of hydrazine groups is 1. The third-order valence-corrected chi connectivity index (χ3v) is 4.11. The average molecular weight is 374 g/mol. The molecule has 0 N–H and O–H groups in total. The highest BCUT2D eigenvalue weighted by Gasteiger charge is 2.29. The van der Waals surface area contributed by atoms with Crippen molar-refractivity contribution in [2.75, 3.05) is 40.5 Å². The fraction of sp³-hybridized carbons (Fsp3) is 0.400. The monoisotopic (exact) mass is 374 g/mol. The van der Waals surface area contributed by atoms with Crippen LogP contribution in [0.2, 0.25) is 0 Å². The van der Waals surface area contributed by atoms with Gasteiger partial charge in [0.15, 0.2) is 0 Å². The van der Waals surface area contributed by atoms with E-state index in [9.17, 15) is 9.59 Å². The van der Waals surface area contributed by atoms with Gasteiger partial charge in [0, 0.05) is 24.7 Å². The normalized spacial score (nSPS) is 13.9. The van der Waals surface area contributed by atoms with E-state index in [1.54, 1.807) is 44.6 Å². The zero-order valence-corrected chi connectivity index (χ0v) is 15.8. The molecule has 1 aliphatic rings. The molecule has 2 rings (SSSR count). The van der Waals surface area contributed by atoms with Gasteiger partial charge in [-0.15, -0.1) is 6.58 Å². The molecule has 0 aliphatic carbocycles. The van der Waals surface area contributed by atoms with Gasteiger partial charge < -0.3 is 14.2 Å². The van der Waals surface area contributed by atoms with E-state index in [2.05, 4.69) is 6.58 Å². The molecule has 0 bridgehead atoms. The number of methoxy groups -OCH3 is 2. The molecule has 0 saturated carbocycles. The predicted octanol–water partition coefficient (Wildman–Crippen LogP) is 2.29. The molecule has 7 nitrogen and oxygen atoms in total. The van der Waals surface area contributed by atoms with Gasteiger partial charge in [0.05, 0.1) is 33.9 Å². The molecule has 1 aromatic rings. The molecule has 0 atom stereocenters. The van der Waals surface area contributed by atoms with Crippen LogP contribution in [0.25, 0.3) is 6.08 Å². The van der Waals surface area contributed by atoms with Gasteiger partial charge in [0.2, 0.25) is 5.91 Å². The quantitative estimate of drug-likeness (QED) is 0.377. The van der Waals surface area contributed by atoms with E-state index in [-0.39, 0.29) is 18.2 Å².